The number of aromatic nitrogens is 2. The molecule has 0 unspecified atom stereocenters. The molecule has 0 amide bonds. The van der Waals surface area contributed by atoms with Crippen molar-refractivity contribution in [1.29, 1.82) is 0 Å². The van der Waals surface area contributed by atoms with Gasteiger partial charge in [0.15, 0.2) is 0 Å². The molecule has 7 heteroatoms. The SMILES string of the molecule is Cc1cnc(S(=O)(=O)Cc2c(F)cccc2Cl)nc1. The number of hydrogen-bond acceptors (Lipinski definition) is 4. The van der Waals surface area contributed by atoms with E-state index in [9.17, 15) is 12.8 Å². The number of benzene rings is 1. The number of nitrogens with zero attached hydrogens (tertiary/aromatic N) is 2. The van der Waals surface area contributed by atoms with Crippen molar-refractivity contribution in [3.05, 3.63) is 52.6 Å². The molecule has 0 aliphatic rings. The third-order valence-electron chi connectivity index (χ3n) is 2.43. The van der Waals surface area contributed by atoms with Crippen LogP contribution in [0.25, 0.3) is 0 Å². The van der Waals surface area contributed by atoms with Crippen LogP contribution in [0.4, 0.5) is 4.39 Å². The fourth-order valence-electron chi connectivity index (χ4n) is 1.47. The van der Waals surface area contributed by atoms with Gasteiger partial charge in [0.2, 0.25) is 15.0 Å². The van der Waals surface area contributed by atoms with Crippen LogP contribution in [0, 0.1) is 12.7 Å². The van der Waals surface area contributed by atoms with Gasteiger partial charge in [-0.3, -0.25) is 0 Å². The average molecular weight is 301 g/mol. The molecule has 2 rings (SSSR count). The van der Waals surface area contributed by atoms with Crippen LogP contribution in [0.5, 0.6) is 0 Å². The predicted molar refractivity (Wildman–Crippen MR) is 69.1 cm³/mol. The summed E-state index contributed by atoms with van der Waals surface area (Å²) in [4.78, 5) is 7.48. The molecular weight excluding hydrogens is 291 g/mol. The zero-order chi connectivity index (χ0) is 14.0. The Morgan fingerprint density at radius 3 is 2.47 bits per heavy atom. The van der Waals surface area contributed by atoms with Gasteiger partial charge < -0.3 is 0 Å². The predicted octanol–water partition coefficient (Wildman–Crippen LogP) is 2.55. The Kier molecular flexibility index (Phi) is 3.82. The minimum Gasteiger partial charge on any atom is -0.227 e. The minimum absolute atomic E-state index is 0.0655. The van der Waals surface area contributed by atoms with Crippen molar-refractivity contribution in [3.8, 4) is 0 Å². The molecule has 0 saturated heterocycles. The number of halogens is 2. The van der Waals surface area contributed by atoms with Gasteiger partial charge >= 0.3 is 0 Å². The summed E-state index contributed by atoms with van der Waals surface area (Å²) in [6.45, 7) is 1.74. The zero-order valence-corrected chi connectivity index (χ0v) is 11.5. The van der Waals surface area contributed by atoms with E-state index in [-0.39, 0.29) is 15.7 Å². The molecule has 0 saturated carbocycles. The van der Waals surface area contributed by atoms with Crippen molar-refractivity contribution < 1.29 is 12.8 Å². The fourth-order valence-corrected chi connectivity index (χ4v) is 3.00. The molecule has 0 fully saturated rings. The van der Waals surface area contributed by atoms with Gasteiger partial charge in [0.25, 0.3) is 0 Å². The lowest BCUT2D eigenvalue weighted by Crippen LogP contribution is -2.10. The summed E-state index contributed by atoms with van der Waals surface area (Å²) in [5.41, 5.74) is 0.663. The lowest BCUT2D eigenvalue weighted by Gasteiger charge is -2.06. The van der Waals surface area contributed by atoms with Crippen molar-refractivity contribution in [1.82, 2.24) is 9.97 Å². The smallest absolute Gasteiger partial charge is 0.227 e. The Bertz CT molecular complexity index is 682. The van der Waals surface area contributed by atoms with Crippen LogP contribution < -0.4 is 0 Å². The first-order chi connectivity index (χ1) is 8.90. The first-order valence-electron chi connectivity index (χ1n) is 5.34. The Morgan fingerprint density at radius 2 is 1.89 bits per heavy atom. The molecule has 0 aliphatic heterocycles. The average Bonchev–Trinajstić information content (AvgIpc) is 2.35. The van der Waals surface area contributed by atoms with Gasteiger partial charge in [-0.1, -0.05) is 17.7 Å². The molecule has 1 aromatic heterocycles. The van der Waals surface area contributed by atoms with Crippen LogP contribution in [-0.4, -0.2) is 18.4 Å². The van der Waals surface area contributed by atoms with E-state index in [1.807, 2.05) is 0 Å². The van der Waals surface area contributed by atoms with Gasteiger partial charge in [-0.15, -0.1) is 0 Å². The van der Waals surface area contributed by atoms with Gasteiger partial charge in [0, 0.05) is 23.0 Å². The lowest BCUT2D eigenvalue weighted by atomic mass is 10.2. The molecule has 0 spiro atoms. The molecule has 100 valence electrons. The summed E-state index contributed by atoms with van der Waals surface area (Å²) in [5.74, 6) is -1.23. The maximum absolute atomic E-state index is 13.6. The first kappa shape index (κ1) is 13.9. The van der Waals surface area contributed by atoms with E-state index in [4.69, 9.17) is 11.6 Å². The molecule has 0 aliphatic carbocycles. The van der Waals surface area contributed by atoms with Crippen molar-refractivity contribution in [2.75, 3.05) is 0 Å². The van der Waals surface area contributed by atoms with Gasteiger partial charge in [-0.2, -0.15) is 0 Å². The summed E-state index contributed by atoms with van der Waals surface area (Å²) in [7, 11) is -3.82. The molecular formula is C12H10ClFN2O2S. The van der Waals surface area contributed by atoms with Crippen molar-refractivity contribution in [3.63, 3.8) is 0 Å². The third-order valence-corrected chi connectivity index (χ3v) is 4.22. The van der Waals surface area contributed by atoms with Crippen LogP contribution in [0.1, 0.15) is 11.1 Å². The lowest BCUT2D eigenvalue weighted by molar-refractivity contribution is 0.579. The Balaban J connectivity index is 2.39. The minimum atomic E-state index is -3.82. The van der Waals surface area contributed by atoms with Gasteiger partial charge in [-0.25, -0.2) is 22.8 Å². The van der Waals surface area contributed by atoms with Crippen LogP contribution in [-0.2, 0) is 15.6 Å². The molecule has 1 aromatic carbocycles. The number of sulfone groups is 1. The Hall–Kier alpha value is -1.53. The summed E-state index contributed by atoms with van der Waals surface area (Å²) in [5, 5.41) is -0.270. The van der Waals surface area contributed by atoms with Crippen LogP contribution in [0.3, 0.4) is 0 Å². The van der Waals surface area contributed by atoms with E-state index in [0.29, 0.717) is 0 Å². The molecule has 1 heterocycles. The summed E-state index contributed by atoms with van der Waals surface area (Å²) >= 11 is 5.80. The van der Waals surface area contributed by atoms with Gasteiger partial charge in [0.05, 0.1) is 5.75 Å². The topological polar surface area (TPSA) is 59.9 Å². The molecule has 0 radical (unpaired) electrons. The highest BCUT2D eigenvalue weighted by Crippen LogP contribution is 2.23. The highest BCUT2D eigenvalue weighted by molar-refractivity contribution is 7.90. The van der Waals surface area contributed by atoms with Crippen LogP contribution in [0.2, 0.25) is 5.02 Å². The maximum atomic E-state index is 13.6. The second kappa shape index (κ2) is 5.22. The van der Waals surface area contributed by atoms with Crippen molar-refractivity contribution >= 4 is 21.4 Å². The molecule has 19 heavy (non-hydrogen) atoms. The van der Waals surface area contributed by atoms with Crippen LogP contribution in [0.15, 0.2) is 35.7 Å². The molecule has 0 N–H and O–H groups in total. The highest BCUT2D eigenvalue weighted by Gasteiger charge is 2.22. The second-order valence-electron chi connectivity index (χ2n) is 4.00. The van der Waals surface area contributed by atoms with E-state index in [1.165, 1.54) is 24.5 Å². The first-order valence-corrected chi connectivity index (χ1v) is 7.37. The van der Waals surface area contributed by atoms with Gasteiger partial charge in [0.1, 0.15) is 5.82 Å². The van der Waals surface area contributed by atoms with E-state index in [1.54, 1.807) is 6.92 Å². The quantitative estimate of drug-likeness (QED) is 0.817. The number of aryl methyl sites for hydroxylation is 1. The maximum Gasteiger partial charge on any atom is 0.247 e. The van der Waals surface area contributed by atoms with Gasteiger partial charge in [-0.05, 0) is 24.6 Å². The second-order valence-corrected chi connectivity index (χ2v) is 6.29. The molecule has 0 atom stereocenters. The monoisotopic (exact) mass is 300 g/mol. The number of hydrogen-bond donors (Lipinski definition) is 0. The van der Waals surface area contributed by atoms with Crippen molar-refractivity contribution in [2.45, 2.75) is 17.8 Å². The summed E-state index contributed by atoms with van der Waals surface area (Å²) in [6.07, 6.45) is 2.78. The van der Waals surface area contributed by atoms with Crippen molar-refractivity contribution in [2.24, 2.45) is 0 Å². The largest absolute Gasteiger partial charge is 0.247 e. The Labute approximate surface area is 115 Å². The molecule has 2 aromatic rings. The third kappa shape index (κ3) is 3.08. The number of rotatable bonds is 3. The summed E-state index contributed by atoms with van der Waals surface area (Å²) < 4.78 is 37.7. The standard InChI is InChI=1S/C12H10ClFN2O2S/c1-8-5-15-12(16-6-8)19(17,18)7-9-10(13)3-2-4-11(9)14/h2-6H,7H2,1H3. The van der Waals surface area contributed by atoms with Crippen LogP contribution >= 0.6 is 11.6 Å². The zero-order valence-electron chi connectivity index (χ0n) is 9.97. The van der Waals surface area contributed by atoms with E-state index in [0.717, 1.165) is 11.6 Å². The molecule has 4 nitrogen and oxygen atoms in total. The normalized spacial score (nSPS) is 11.5. The highest BCUT2D eigenvalue weighted by atomic mass is 35.5. The van der Waals surface area contributed by atoms with E-state index >= 15 is 0 Å². The fraction of sp³-hybridized carbons (Fsp3) is 0.167. The van der Waals surface area contributed by atoms with E-state index < -0.39 is 21.4 Å². The summed E-state index contributed by atoms with van der Waals surface area (Å²) in [6, 6.07) is 4.01. The Morgan fingerprint density at radius 1 is 1.26 bits per heavy atom. The van der Waals surface area contributed by atoms with E-state index in [2.05, 4.69) is 9.97 Å². The molecule has 0 bridgehead atoms.